The summed E-state index contributed by atoms with van der Waals surface area (Å²) in [6, 6.07) is 5.48. The summed E-state index contributed by atoms with van der Waals surface area (Å²) in [5, 5.41) is 11.4. The van der Waals surface area contributed by atoms with Crippen LogP contribution in [-0.4, -0.2) is 69.1 Å². The Labute approximate surface area is 143 Å². The van der Waals surface area contributed by atoms with Crippen LogP contribution in [0.25, 0.3) is 0 Å². The van der Waals surface area contributed by atoms with Gasteiger partial charge in [-0.2, -0.15) is 0 Å². The quantitative estimate of drug-likeness (QED) is 0.749. The molecule has 0 amide bonds. The maximum atomic E-state index is 13.0. The Balaban J connectivity index is 2.43. The van der Waals surface area contributed by atoms with E-state index in [1.165, 1.54) is 31.2 Å². The van der Waals surface area contributed by atoms with E-state index in [0.29, 0.717) is 0 Å². The third kappa shape index (κ3) is 3.80. The third-order valence-electron chi connectivity index (χ3n) is 4.06. The second-order valence-electron chi connectivity index (χ2n) is 6.56. The largest absolute Gasteiger partial charge is 0.390 e. The summed E-state index contributed by atoms with van der Waals surface area (Å²) in [5.74, 6) is -0.548. The van der Waals surface area contributed by atoms with Crippen molar-refractivity contribution in [1.82, 2.24) is 9.42 Å². The molecule has 2 rings (SSSR count). The molecule has 1 aromatic rings. The molecule has 1 aliphatic rings. The van der Waals surface area contributed by atoms with Crippen molar-refractivity contribution in [2.24, 2.45) is 0 Å². The van der Waals surface area contributed by atoms with E-state index in [9.17, 15) is 21.9 Å². The highest BCUT2D eigenvalue weighted by Gasteiger charge is 2.46. The third-order valence-corrected chi connectivity index (χ3v) is 7.72. The van der Waals surface area contributed by atoms with Gasteiger partial charge in [-0.05, 0) is 23.6 Å². The molecule has 0 bridgehead atoms. The number of sulfonamides is 1. The molecule has 1 aliphatic heterocycles. The van der Waals surface area contributed by atoms with E-state index >= 15 is 0 Å². The van der Waals surface area contributed by atoms with Crippen LogP contribution in [0.15, 0.2) is 29.2 Å². The van der Waals surface area contributed by atoms with Crippen LogP contribution in [0.4, 0.5) is 0 Å². The van der Waals surface area contributed by atoms with E-state index < -0.39 is 43.5 Å². The van der Waals surface area contributed by atoms with Crippen molar-refractivity contribution in [3.8, 4) is 0 Å². The second-order valence-corrected chi connectivity index (χ2v) is 10.5. The maximum Gasteiger partial charge on any atom is 0.256 e. The SMILES string of the molecule is CC(C)c1ccc(S(=O)(=O)N([C@H]2CS(=O)(=O)C[C@@H]2O)N(C)C)cc1. The van der Waals surface area contributed by atoms with Crippen molar-refractivity contribution in [3.05, 3.63) is 29.8 Å². The Hall–Kier alpha value is -1.00. The zero-order chi connectivity index (χ0) is 18.3. The highest BCUT2D eigenvalue weighted by atomic mass is 32.2. The number of nitrogens with zero attached hydrogens (tertiary/aromatic N) is 2. The van der Waals surface area contributed by atoms with Crippen molar-refractivity contribution in [2.45, 2.75) is 36.8 Å². The summed E-state index contributed by atoms with van der Waals surface area (Å²) < 4.78 is 50.4. The van der Waals surface area contributed by atoms with Gasteiger partial charge in [-0.15, -0.1) is 4.41 Å². The lowest BCUT2D eigenvalue weighted by molar-refractivity contribution is 0.0272. The fraction of sp³-hybridized carbons (Fsp3) is 0.600. The van der Waals surface area contributed by atoms with Gasteiger partial charge in [0.05, 0.1) is 28.5 Å². The van der Waals surface area contributed by atoms with Gasteiger partial charge in [0.2, 0.25) is 0 Å². The smallest absolute Gasteiger partial charge is 0.256 e. The van der Waals surface area contributed by atoms with Crippen LogP contribution >= 0.6 is 0 Å². The predicted molar refractivity (Wildman–Crippen MR) is 91.7 cm³/mol. The molecule has 2 atom stereocenters. The predicted octanol–water partition coefficient (Wildman–Crippen LogP) is 0.435. The van der Waals surface area contributed by atoms with E-state index in [0.717, 1.165) is 9.98 Å². The topological polar surface area (TPSA) is 95.0 Å². The van der Waals surface area contributed by atoms with Crippen molar-refractivity contribution in [3.63, 3.8) is 0 Å². The Kier molecular flexibility index (Phi) is 5.41. The van der Waals surface area contributed by atoms with Crippen LogP contribution in [0.3, 0.4) is 0 Å². The van der Waals surface area contributed by atoms with Gasteiger partial charge in [0.25, 0.3) is 10.0 Å². The van der Waals surface area contributed by atoms with E-state index in [4.69, 9.17) is 0 Å². The molecule has 0 spiro atoms. The Morgan fingerprint density at radius 1 is 1.12 bits per heavy atom. The summed E-state index contributed by atoms with van der Waals surface area (Å²) in [6.45, 7) is 4.02. The summed E-state index contributed by atoms with van der Waals surface area (Å²) in [7, 11) is -4.42. The molecule has 1 saturated heterocycles. The van der Waals surface area contributed by atoms with Crippen molar-refractivity contribution >= 4 is 19.9 Å². The zero-order valence-electron chi connectivity index (χ0n) is 14.2. The fourth-order valence-corrected chi connectivity index (χ4v) is 6.40. The Morgan fingerprint density at radius 2 is 1.67 bits per heavy atom. The molecule has 0 radical (unpaired) electrons. The first-order valence-electron chi connectivity index (χ1n) is 7.66. The molecule has 136 valence electrons. The molecule has 0 aromatic heterocycles. The molecule has 1 aromatic carbocycles. The van der Waals surface area contributed by atoms with Crippen LogP contribution in [0.5, 0.6) is 0 Å². The highest BCUT2D eigenvalue weighted by Crippen LogP contribution is 2.27. The molecule has 1 heterocycles. The second kappa shape index (κ2) is 6.72. The number of hydrazine groups is 1. The van der Waals surface area contributed by atoms with Crippen molar-refractivity contribution < 1.29 is 21.9 Å². The normalized spacial score (nSPS) is 24.2. The minimum atomic E-state index is -3.97. The van der Waals surface area contributed by atoms with Crippen LogP contribution in [0, 0.1) is 0 Å². The monoisotopic (exact) mass is 376 g/mol. The Morgan fingerprint density at radius 3 is 2.04 bits per heavy atom. The number of benzene rings is 1. The number of hydrogen-bond acceptors (Lipinski definition) is 6. The molecule has 24 heavy (non-hydrogen) atoms. The number of rotatable bonds is 5. The average molecular weight is 377 g/mol. The lowest BCUT2D eigenvalue weighted by Gasteiger charge is -2.34. The molecule has 7 nitrogen and oxygen atoms in total. The van der Waals surface area contributed by atoms with Gasteiger partial charge in [0.15, 0.2) is 9.84 Å². The first-order valence-corrected chi connectivity index (χ1v) is 10.9. The lowest BCUT2D eigenvalue weighted by Crippen LogP contribution is -2.53. The molecule has 0 aliphatic carbocycles. The van der Waals surface area contributed by atoms with Gasteiger partial charge >= 0.3 is 0 Å². The first kappa shape index (κ1) is 19.3. The lowest BCUT2D eigenvalue weighted by atomic mass is 10.0. The van der Waals surface area contributed by atoms with E-state index in [-0.39, 0.29) is 10.8 Å². The van der Waals surface area contributed by atoms with Crippen LogP contribution in [0.2, 0.25) is 0 Å². The number of aliphatic hydroxyl groups excluding tert-OH is 1. The first-order chi connectivity index (χ1) is 11.0. The summed E-state index contributed by atoms with van der Waals surface area (Å²) in [5.41, 5.74) is 1.01. The summed E-state index contributed by atoms with van der Waals surface area (Å²) >= 11 is 0. The minimum Gasteiger partial charge on any atom is -0.390 e. The molecule has 0 unspecified atom stereocenters. The minimum absolute atomic E-state index is 0.0668. The van der Waals surface area contributed by atoms with Gasteiger partial charge in [-0.1, -0.05) is 26.0 Å². The standard InChI is InChI=1S/C15H24N2O5S2/c1-11(2)12-5-7-13(8-6-12)24(21,22)17(16(3)4)14-9-23(19,20)10-15(14)18/h5-8,11,14-15,18H,9-10H2,1-4H3/t14-,15-/m0/s1. The van der Waals surface area contributed by atoms with Crippen LogP contribution in [0.1, 0.15) is 25.3 Å². The zero-order valence-corrected chi connectivity index (χ0v) is 15.9. The van der Waals surface area contributed by atoms with Crippen LogP contribution in [-0.2, 0) is 19.9 Å². The van der Waals surface area contributed by atoms with E-state index in [1.54, 1.807) is 12.1 Å². The molecular formula is C15H24N2O5S2. The van der Waals surface area contributed by atoms with E-state index in [2.05, 4.69) is 0 Å². The van der Waals surface area contributed by atoms with Gasteiger partial charge in [-0.25, -0.2) is 21.8 Å². The molecule has 1 fully saturated rings. The fourth-order valence-electron chi connectivity index (χ4n) is 2.84. The van der Waals surface area contributed by atoms with Crippen LogP contribution < -0.4 is 0 Å². The Bertz CT molecular complexity index is 786. The highest BCUT2D eigenvalue weighted by molar-refractivity contribution is 7.92. The van der Waals surface area contributed by atoms with Crippen molar-refractivity contribution in [1.29, 1.82) is 0 Å². The molecule has 9 heteroatoms. The van der Waals surface area contributed by atoms with Crippen molar-refractivity contribution in [2.75, 3.05) is 25.6 Å². The molecule has 0 saturated carbocycles. The number of aliphatic hydroxyl groups is 1. The molecular weight excluding hydrogens is 352 g/mol. The number of hydrogen-bond donors (Lipinski definition) is 1. The number of sulfone groups is 1. The van der Waals surface area contributed by atoms with Gasteiger partial charge in [-0.3, -0.25) is 0 Å². The van der Waals surface area contributed by atoms with Gasteiger partial charge in [0, 0.05) is 14.1 Å². The van der Waals surface area contributed by atoms with Gasteiger partial charge in [0.1, 0.15) is 0 Å². The maximum absolute atomic E-state index is 13.0. The van der Waals surface area contributed by atoms with Gasteiger partial charge < -0.3 is 5.11 Å². The summed E-state index contributed by atoms with van der Waals surface area (Å²) in [4.78, 5) is 0.0668. The summed E-state index contributed by atoms with van der Waals surface area (Å²) in [6.07, 6.45) is -1.25. The average Bonchev–Trinajstić information content (AvgIpc) is 2.71. The molecule has 1 N–H and O–H groups in total. The van der Waals surface area contributed by atoms with E-state index in [1.807, 2.05) is 13.8 Å².